The van der Waals surface area contributed by atoms with Crippen LogP contribution in [0, 0.1) is 11.3 Å². The first-order valence-corrected chi connectivity index (χ1v) is 6.68. The first-order valence-electron chi connectivity index (χ1n) is 6.68. The Balaban J connectivity index is 2.29. The predicted octanol–water partition coefficient (Wildman–Crippen LogP) is 1.95. The van der Waals surface area contributed by atoms with Gasteiger partial charge in [0.25, 0.3) is 0 Å². The summed E-state index contributed by atoms with van der Waals surface area (Å²) in [6.45, 7) is 5.08. The van der Waals surface area contributed by atoms with Crippen molar-refractivity contribution < 1.29 is 4.79 Å². The van der Waals surface area contributed by atoms with Crippen LogP contribution < -0.4 is 10.6 Å². The van der Waals surface area contributed by atoms with Gasteiger partial charge in [0, 0.05) is 12.6 Å². The molecule has 0 unspecified atom stereocenters. The normalized spacial score (nSPS) is 10.2. The van der Waals surface area contributed by atoms with Gasteiger partial charge >= 0.3 is 0 Å². The Morgan fingerprint density at radius 3 is 2.42 bits per heavy atom. The van der Waals surface area contributed by atoms with E-state index < -0.39 is 0 Å². The Bertz CT molecular complexity index is 430. The van der Waals surface area contributed by atoms with Crippen molar-refractivity contribution in [1.29, 1.82) is 5.26 Å². The molecule has 0 aliphatic rings. The van der Waals surface area contributed by atoms with E-state index in [0.717, 1.165) is 18.4 Å². The van der Waals surface area contributed by atoms with Gasteiger partial charge in [0.2, 0.25) is 5.91 Å². The lowest BCUT2D eigenvalue weighted by molar-refractivity contribution is -0.121. The summed E-state index contributed by atoms with van der Waals surface area (Å²) in [7, 11) is 0. The van der Waals surface area contributed by atoms with Crippen LogP contribution in [0.25, 0.3) is 0 Å². The Hall–Kier alpha value is -1.86. The van der Waals surface area contributed by atoms with Crippen molar-refractivity contribution in [2.75, 3.05) is 6.54 Å². The second-order valence-electron chi connectivity index (χ2n) is 4.49. The summed E-state index contributed by atoms with van der Waals surface area (Å²) in [6, 6.07) is 9.69. The molecule has 1 aromatic rings. The summed E-state index contributed by atoms with van der Waals surface area (Å²) in [4.78, 5) is 11.6. The van der Waals surface area contributed by atoms with Crippen molar-refractivity contribution in [3.8, 4) is 6.07 Å². The molecule has 0 saturated heterocycles. The molecule has 1 rings (SSSR count). The summed E-state index contributed by atoms with van der Waals surface area (Å²) in [5.41, 5.74) is 1.71. The minimum absolute atomic E-state index is 0.0299. The van der Waals surface area contributed by atoms with E-state index in [9.17, 15) is 4.79 Å². The van der Waals surface area contributed by atoms with Gasteiger partial charge in [-0.1, -0.05) is 26.0 Å². The Labute approximate surface area is 114 Å². The largest absolute Gasteiger partial charge is 0.352 e. The van der Waals surface area contributed by atoms with E-state index in [-0.39, 0.29) is 11.9 Å². The van der Waals surface area contributed by atoms with Crippen LogP contribution in [0.15, 0.2) is 24.3 Å². The predicted molar refractivity (Wildman–Crippen MR) is 75.4 cm³/mol. The van der Waals surface area contributed by atoms with Crippen molar-refractivity contribution in [3.05, 3.63) is 35.4 Å². The minimum atomic E-state index is 0.0299. The molecular formula is C15H21N3O. The number of benzene rings is 1. The standard InChI is InChI=1S/C15H21N3O/c1-3-14(4-2)18-15(19)11-17-10-13-7-5-12(9-16)6-8-13/h5-8,14,17H,3-4,10-11H2,1-2H3,(H,18,19). The third-order valence-electron chi connectivity index (χ3n) is 3.05. The summed E-state index contributed by atoms with van der Waals surface area (Å²) in [5, 5.41) is 14.8. The molecule has 102 valence electrons. The Morgan fingerprint density at radius 1 is 1.26 bits per heavy atom. The number of carbonyl (C=O) groups excluding carboxylic acids is 1. The van der Waals surface area contributed by atoms with E-state index >= 15 is 0 Å². The molecule has 19 heavy (non-hydrogen) atoms. The average Bonchev–Trinajstić information content (AvgIpc) is 2.45. The maximum Gasteiger partial charge on any atom is 0.234 e. The zero-order valence-corrected chi connectivity index (χ0v) is 11.6. The lowest BCUT2D eigenvalue weighted by Gasteiger charge is -2.14. The van der Waals surface area contributed by atoms with Gasteiger partial charge in [-0.3, -0.25) is 4.79 Å². The van der Waals surface area contributed by atoms with E-state index in [1.807, 2.05) is 12.1 Å². The van der Waals surface area contributed by atoms with Crippen LogP contribution in [0.2, 0.25) is 0 Å². The fourth-order valence-corrected chi connectivity index (χ4v) is 1.79. The molecular weight excluding hydrogens is 238 g/mol. The van der Waals surface area contributed by atoms with Crippen molar-refractivity contribution in [2.24, 2.45) is 0 Å². The summed E-state index contributed by atoms with van der Waals surface area (Å²) < 4.78 is 0. The number of hydrogen-bond donors (Lipinski definition) is 2. The molecule has 0 spiro atoms. The molecule has 0 bridgehead atoms. The molecule has 1 aromatic carbocycles. The molecule has 2 N–H and O–H groups in total. The maximum atomic E-state index is 11.6. The summed E-state index contributed by atoms with van der Waals surface area (Å²) >= 11 is 0. The van der Waals surface area contributed by atoms with Crippen molar-refractivity contribution in [1.82, 2.24) is 10.6 Å². The molecule has 0 aromatic heterocycles. The molecule has 0 radical (unpaired) electrons. The number of nitrogens with zero attached hydrogens (tertiary/aromatic N) is 1. The molecule has 1 amide bonds. The van der Waals surface area contributed by atoms with Crippen molar-refractivity contribution in [2.45, 2.75) is 39.3 Å². The lowest BCUT2D eigenvalue weighted by atomic mass is 10.1. The van der Waals surface area contributed by atoms with Crippen LogP contribution in [0.1, 0.15) is 37.8 Å². The highest BCUT2D eigenvalue weighted by atomic mass is 16.1. The highest BCUT2D eigenvalue weighted by molar-refractivity contribution is 5.78. The molecule has 0 saturated carbocycles. The van der Waals surface area contributed by atoms with E-state index in [1.54, 1.807) is 12.1 Å². The molecule has 4 heteroatoms. The minimum Gasteiger partial charge on any atom is -0.352 e. The monoisotopic (exact) mass is 259 g/mol. The van der Waals surface area contributed by atoms with E-state index in [2.05, 4.69) is 30.6 Å². The Morgan fingerprint density at radius 2 is 1.89 bits per heavy atom. The van der Waals surface area contributed by atoms with E-state index in [1.165, 1.54) is 0 Å². The molecule has 0 heterocycles. The highest BCUT2D eigenvalue weighted by Crippen LogP contribution is 2.02. The number of nitriles is 1. The van der Waals surface area contributed by atoms with Gasteiger partial charge < -0.3 is 10.6 Å². The third kappa shape index (κ3) is 5.54. The van der Waals surface area contributed by atoms with Crippen molar-refractivity contribution >= 4 is 5.91 Å². The molecule has 0 fully saturated rings. The first-order chi connectivity index (χ1) is 9.19. The fourth-order valence-electron chi connectivity index (χ4n) is 1.79. The second kappa shape index (κ2) is 8.28. The van der Waals surface area contributed by atoms with Gasteiger partial charge in [-0.15, -0.1) is 0 Å². The molecule has 0 atom stereocenters. The number of hydrogen-bond acceptors (Lipinski definition) is 3. The van der Waals surface area contributed by atoms with Gasteiger partial charge in [0.05, 0.1) is 18.2 Å². The van der Waals surface area contributed by atoms with Crippen LogP contribution in [-0.2, 0) is 11.3 Å². The quantitative estimate of drug-likeness (QED) is 0.786. The number of carbonyl (C=O) groups is 1. The molecule has 0 aliphatic heterocycles. The first kappa shape index (κ1) is 15.2. The van der Waals surface area contributed by atoms with E-state index in [4.69, 9.17) is 5.26 Å². The van der Waals surface area contributed by atoms with Crippen LogP contribution in [-0.4, -0.2) is 18.5 Å². The summed E-state index contributed by atoms with van der Waals surface area (Å²) in [5.74, 6) is 0.0299. The fraction of sp³-hybridized carbons (Fsp3) is 0.467. The van der Waals surface area contributed by atoms with E-state index in [0.29, 0.717) is 18.7 Å². The topological polar surface area (TPSA) is 64.9 Å². The zero-order valence-electron chi connectivity index (χ0n) is 11.6. The SMILES string of the molecule is CCC(CC)NC(=O)CNCc1ccc(C#N)cc1. The van der Waals surface area contributed by atoms with Crippen LogP contribution in [0.3, 0.4) is 0 Å². The average molecular weight is 259 g/mol. The zero-order chi connectivity index (χ0) is 14.1. The van der Waals surface area contributed by atoms with Gasteiger partial charge in [-0.25, -0.2) is 0 Å². The van der Waals surface area contributed by atoms with Crippen LogP contribution in [0.4, 0.5) is 0 Å². The van der Waals surface area contributed by atoms with Crippen LogP contribution in [0.5, 0.6) is 0 Å². The highest BCUT2D eigenvalue weighted by Gasteiger charge is 2.07. The van der Waals surface area contributed by atoms with Gasteiger partial charge in [0.1, 0.15) is 0 Å². The number of nitrogens with one attached hydrogen (secondary N) is 2. The molecule has 0 aliphatic carbocycles. The Kier molecular flexibility index (Phi) is 6.62. The second-order valence-corrected chi connectivity index (χ2v) is 4.49. The lowest BCUT2D eigenvalue weighted by Crippen LogP contribution is -2.39. The smallest absolute Gasteiger partial charge is 0.234 e. The maximum absolute atomic E-state index is 11.6. The summed E-state index contributed by atoms with van der Waals surface area (Å²) in [6.07, 6.45) is 1.91. The number of rotatable bonds is 7. The van der Waals surface area contributed by atoms with Crippen molar-refractivity contribution in [3.63, 3.8) is 0 Å². The third-order valence-corrected chi connectivity index (χ3v) is 3.05. The molecule has 4 nitrogen and oxygen atoms in total. The number of amides is 1. The van der Waals surface area contributed by atoms with Crippen LogP contribution >= 0.6 is 0 Å². The van der Waals surface area contributed by atoms with Gasteiger partial charge in [0.15, 0.2) is 0 Å². The van der Waals surface area contributed by atoms with Gasteiger partial charge in [-0.2, -0.15) is 5.26 Å². The van der Waals surface area contributed by atoms with Gasteiger partial charge in [-0.05, 0) is 30.5 Å².